The highest BCUT2D eigenvalue weighted by Gasteiger charge is 2.33. The number of hydrogen-bond acceptors (Lipinski definition) is 9. The lowest BCUT2D eigenvalue weighted by Crippen LogP contribution is -2.48. The number of aliphatic carboxylic acids is 1. The number of amides is 1. The third kappa shape index (κ3) is 8.37. The number of carboxylic acid groups (broad SMARTS) is 1. The number of hydrogen-bond donors (Lipinski definition) is 2. The van der Waals surface area contributed by atoms with Crippen LogP contribution in [-0.4, -0.2) is 91.5 Å². The number of anilines is 1. The first-order valence-electron chi connectivity index (χ1n) is 14.5. The van der Waals surface area contributed by atoms with Crippen LogP contribution in [-0.2, 0) is 9.59 Å². The minimum atomic E-state index is -0.731. The molecule has 2 aromatic rings. The zero-order valence-corrected chi connectivity index (χ0v) is 25.0. The smallest absolute Gasteiger partial charge is 0.303 e. The fraction of sp³-hybridized carbons (Fsp3) is 0.552. The van der Waals surface area contributed by atoms with E-state index in [9.17, 15) is 19.5 Å². The van der Waals surface area contributed by atoms with Gasteiger partial charge >= 0.3 is 5.97 Å². The van der Waals surface area contributed by atoms with E-state index in [4.69, 9.17) is 22.3 Å². The quantitative estimate of drug-likeness (QED) is 0.178. The molecule has 0 atom stereocenters. The summed E-state index contributed by atoms with van der Waals surface area (Å²) in [6.45, 7) is 4.12. The van der Waals surface area contributed by atoms with Gasteiger partial charge in [-0.25, -0.2) is 4.98 Å². The number of thiocarbonyl (C=S) groups is 1. The summed E-state index contributed by atoms with van der Waals surface area (Å²) in [5.41, 5.74) is 0.708. The fourth-order valence-electron chi connectivity index (χ4n) is 5.21. The predicted molar refractivity (Wildman–Crippen MR) is 166 cm³/mol. The van der Waals surface area contributed by atoms with E-state index in [2.05, 4.69) is 9.80 Å². The number of aromatic nitrogens is 2. The Balaban J connectivity index is 1.39. The molecule has 4 heterocycles. The largest absolute Gasteiger partial charge is 0.481 e. The number of piperazine rings is 1. The Morgan fingerprint density at radius 1 is 0.976 bits per heavy atom. The highest BCUT2D eigenvalue weighted by molar-refractivity contribution is 8.26. The molecular formula is C29H39N5O5S2. The third-order valence-electron chi connectivity index (χ3n) is 7.51. The first kappa shape index (κ1) is 31.1. The van der Waals surface area contributed by atoms with Crippen LogP contribution in [0.2, 0.25) is 0 Å². The maximum atomic E-state index is 13.6. The Labute approximate surface area is 250 Å². The summed E-state index contributed by atoms with van der Waals surface area (Å²) >= 11 is 6.78. The third-order valence-corrected chi connectivity index (χ3v) is 8.89. The molecule has 0 saturated carbocycles. The van der Waals surface area contributed by atoms with E-state index in [0.717, 1.165) is 64.5 Å². The normalized spacial score (nSPS) is 17.3. The van der Waals surface area contributed by atoms with Gasteiger partial charge in [0.15, 0.2) is 0 Å². The first-order valence-corrected chi connectivity index (χ1v) is 15.7. The standard InChI is InChI=1S/C29H39N5O5S2/c35-20-19-31-15-17-32(18-16-31)26-22(27(38)33-13-10-8-11-24(33)30-26)21-23-28(39)34(29(40)41-23)14-9-6-4-2-1-3-5-7-12-25(36)37/h8,10-11,13,21,35H,1-7,9,12,14-20H2,(H,36,37). The second kappa shape index (κ2) is 15.4. The second-order valence-corrected chi connectivity index (χ2v) is 12.1. The first-order chi connectivity index (χ1) is 19.9. The zero-order valence-electron chi connectivity index (χ0n) is 23.4. The van der Waals surface area contributed by atoms with Gasteiger partial charge < -0.3 is 15.1 Å². The number of carbonyl (C=O) groups is 2. The van der Waals surface area contributed by atoms with Gasteiger partial charge in [-0.05, 0) is 31.1 Å². The maximum Gasteiger partial charge on any atom is 0.303 e. The number of β-amino-alcohol motifs (C(OH)–C–C–N with tert-alkyl or cyclic N) is 1. The van der Waals surface area contributed by atoms with Crippen molar-refractivity contribution >= 4 is 57.7 Å². The van der Waals surface area contributed by atoms with Crippen LogP contribution in [0.1, 0.15) is 63.4 Å². The van der Waals surface area contributed by atoms with Crippen molar-refractivity contribution in [3.63, 3.8) is 0 Å². The van der Waals surface area contributed by atoms with E-state index in [1.54, 1.807) is 29.3 Å². The molecule has 0 radical (unpaired) electrons. The van der Waals surface area contributed by atoms with E-state index in [0.29, 0.717) is 52.4 Å². The van der Waals surface area contributed by atoms with Gasteiger partial charge in [0.25, 0.3) is 11.5 Å². The Bertz CT molecular complexity index is 1320. The number of carboxylic acids is 1. The van der Waals surface area contributed by atoms with Crippen LogP contribution in [0, 0.1) is 0 Å². The number of aliphatic hydroxyl groups is 1. The maximum absolute atomic E-state index is 13.6. The molecule has 4 rings (SSSR count). The number of aliphatic hydroxyl groups excluding tert-OH is 1. The number of unbranched alkanes of at least 4 members (excludes halogenated alkanes) is 7. The lowest BCUT2D eigenvalue weighted by molar-refractivity contribution is -0.137. The minimum absolute atomic E-state index is 0.110. The van der Waals surface area contributed by atoms with Crippen molar-refractivity contribution in [2.24, 2.45) is 0 Å². The molecule has 12 heteroatoms. The van der Waals surface area contributed by atoms with E-state index >= 15 is 0 Å². The van der Waals surface area contributed by atoms with Gasteiger partial charge in [0, 0.05) is 51.9 Å². The Morgan fingerprint density at radius 3 is 2.34 bits per heavy atom. The van der Waals surface area contributed by atoms with E-state index in [1.165, 1.54) is 16.2 Å². The van der Waals surface area contributed by atoms with E-state index < -0.39 is 5.97 Å². The average molecular weight is 602 g/mol. The molecule has 0 aliphatic carbocycles. The van der Waals surface area contributed by atoms with Crippen molar-refractivity contribution in [3.05, 3.63) is 45.2 Å². The molecule has 0 spiro atoms. The number of fused-ring (bicyclic) bond motifs is 1. The van der Waals surface area contributed by atoms with E-state index in [1.807, 2.05) is 6.07 Å². The van der Waals surface area contributed by atoms with Crippen molar-refractivity contribution in [3.8, 4) is 0 Å². The van der Waals surface area contributed by atoms with Crippen LogP contribution in [0.3, 0.4) is 0 Å². The topological polar surface area (TPSA) is 119 Å². The summed E-state index contributed by atoms with van der Waals surface area (Å²) < 4.78 is 2.01. The lowest BCUT2D eigenvalue weighted by Gasteiger charge is -2.35. The number of pyridine rings is 1. The molecule has 2 aliphatic rings. The summed E-state index contributed by atoms with van der Waals surface area (Å²) in [7, 11) is 0. The van der Waals surface area contributed by atoms with Gasteiger partial charge in [0.2, 0.25) is 0 Å². The summed E-state index contributed by atoms with van der Waals surface area (Å²) in [6.07, 6.45) is 11.4. The van der Waals surface area contributed by atoms with E-state index in [-0.39, 0.29) is 24.5 Å². The van der Waals surface area contributed by atoms with Crippen LogP contribution in [0.25, 0.3) is 11.7 Å². The SMILES string of the molecule is O=C(O)CCCCCCCCCCN1C(=O)C(=Cc2c(N3CCN(CCO)CC3)nc3ccccn3c2=O)SC1=S. The van der Waals surface area contributed by atoms with Gasteiger partial charge in [-0.1, -0.05) is 68.6 Å². The van der Waals surface area contributed by atoms with Gasteiger partial charge in [-0.3, -0.25) is 28.6 Å². The van der Waals surface area contributed by atoms with Crippen LogP contribution in [0.15, 0.2) is 34.1 Å². The molecule has 2 saturated heterocycles. The molecule has 0 unspecified atom stereocenters. The number of rotatable bonds is 15. The average Bonchev–Trinajstić information content (AvgIpc) is 3.23. The molecule has 2 aromatic heterocycles. The predicted octanol–water partition coefficient (Wildman–Crippen LogP) is 3.61. The molecule has 0 aromatic carbocycles. The van der Waals surface area contributed by atoms with Gasteiger partial charge in [0.05, 0.1) is 17.1 Å². The van der Waals surface area contributed by atoms with Crippen molar-refractivity contribution in [1.82, 2.24) is 19.2 Å². The summed E-state index contributed by atoms with van der Waals surface area (Å²) in [5, 5.41) is 18.0. The monoisotopic (exact) mass is 601 g/mol. The number of thioether (sulfide) groups is 1. The Morgan fingerprint density at radius 2 is 1.66 bits per heavy atom. The minimum Gasteiger partial charge on any atom is -0.481 e. The van der Waals surface area contributed by atoms with Crippen molar-refractivity contribution in [1.29, 1.82) is 0 Å². The second-order valence-electron chi connectivity index (χ2n) is 10.4. The van der Waals surface area contributed by atoms with Crippen molar-refractivity contribution < 1.29 is 19.8 Å². The fourth-order valence-corrected chi connectivity index (χ4v) is 6.50. The number of carbonyl (C=O) groups excluding carboxylic acids is 1. The summed E-state index contributed by atoms with van der Waals surface area (Å²) in [6, 6.07) is 5.43. The molecule has 2 fully saturated rings. The van der Waals surface area contributed by atoms with Gasteiger partial charge in [-0.15, -0.1) is 0 Å². The molecule has 2 aliphatic heterocycles. The summed E-state index contributed by atoms with van der Waals surface area (Å²) in [5.74, 6) is -0.335. The highest BCUT2D eigenvalue weighted by atomic mass is 32.2. The van der Waals surface area contributed by atoms with Crippen LogP contribution < -0.4 is 10.5 Å². The van der Waals surface area contributed by atoms with Crippen molar-refractivity contribution in [2.75, 3.05) is 50.8 Å². The van der Waals surface area contributed by atoms with Crippen LogP contribution in [0.4, 0.5) is 5.82 Å². The molecule has 10 nitrogen and oxygen atoms in total. The number of nitrogens with zero attached hydrogens (tertiary/aromatic N) is 5. The van der Waals surface area contributed by atoms with Gasteiger partial charge in [0.1, 0.15) is 15.8 Å². The summed E-state index contributed by atoms with van der Waals surface area (Å²) in [4.78, 5) is 48.7. The molecular weight excluding hydrogens is 562 g/mol. The zero-order chi connectivity index (χ0) is 29.2. The van der Waals surface area contributed by atoms with Crippen molar-refractivity contribution in [2.45, 2.75) is 57.8 Å². The molecule has 0 bridgehead atoms. The Hall–Kier alpha value is -2.80. The van der Waals surface area contributed by atoms with Crippen LogP contribution >= 0.6 is 24.0 Å². The molecule has 222 valence electrons. The Kier molecular flexibility index (Phi) is 11.7. The highest BCUT2D eigenvalue weighted by Crippen LogP contribution is 2.34. The van der Waals surface area contributed by atoms with Gasteiger partial charge in [-0.2, -0.15) is 0 Å². The molecule has 1 amide bonds. The molecule has 41 heavy (non-hydrogen) atoms. The lowest BCUT2D eigenvalue weighted by atomic mass is 10.1. The molecule has 2 N–H and O–H groups in total. The van der Waals surface area contributed by atoms with Crippen LogP contribution in [0.5, 0.6) is 0 Å².